The van der Waals surface area contributed by atoms with Gasteiger partial charge >= 0.3 is 0 Å². The fourth-order valence-electron chi connectivity index (χ4n) is 1.91. The molecule has 2 aromatic heterocycles. The number of ether oxygens (including phenoxy) is 1. The molecule has 0 bridgehead atoms. The van der Waals surface area contributed by atoms with Crippen LogP contribution in [-0.4, -0.2) is 16.5 Å². The van der Waals surface area contributed by atoms with Gasteiger partial charge in [-0.2, -0.15) is 0 Å². The van der Waals surface area contributed by atoms with Gasteiger partial charge in [0, 0.05) is 17.8 Å². The zero-order valence-electron chi connectivity index (χ0n) is 9.50. The van der Waals surface area contributed by atoms with Crippen molar-refractivity contribution in [3.05, 3.63) is 54.9 Å². The van der Waals surface area contributed by atoms with Gasteiger partial charge in [0.05, 0.1) is 19.0 Å². The maximum atomic E-state index is 5.18. The van der Waals surface area contributed by atoms with Crippen molar-refractivity contribution < 1.29 is 4.74 Å². The summed E-state index contributed by atoms with van der Waals surface area (Å²) in [5.41, 5.74) is 3.14. The van der Waals surface area contributed by atoms with Crippen LogP contribution in [0.4, 0.5) is 0 Å². The van der Waals surface area contributed by atoms with Gasteiger partial charge in [-0.1, -0.05) is 30.3 Å². The standard InChI is InChI=1S/C14H12N2O/c1-17-12-7-8-16-13(10-15-14(16)9-12)11-5-3-2-4-6-11/h2-10H,1H3. The van der Waals surface area contributed by atoms with Crippen LogP contribution >= 0.6 is 0 Å². The van der Waals surface area contributed by atoms with E-state index in [1.807, 2.05) is 42.7 Å². The van der Waals surface area contributed by atoms with E-state index in [0.717, 1.165) is 22.7 Å². The van der Waals surface area contributed by atoms with E-state index in [9.17, 15) is 0 Å². The summed E-state index contributed by atoms with van der Waals surface area (Å²) in [5.74, 6) is 0.822. The van der Waals surface area contributed by atoms with Gasteiger partial charge < -0.3 is 4.74 Å². The molecule has 0 fully saturated rings. The fourth-order valence-corrected chi connectivity index (χ4v) is 1.91. The predicted molar refractivity (Wildman–Crippen MR) is 67.2 cm³/mol. The second-order valence-corrected chi connectivity index (χ2v) is 3.80. The number of rotatable bonds is 2. The van der Waals surface area contributed by atoms with Gasteiger partial charge in [0.2, 0.25) is 0 Å². The molecule has 3 rings (SSSR count). The van der Waals surface area contributed by atoms with Crippen molar-refractivity contribution in [2.75, 3.05) is 7.11 Å². The highest BCUT2D eigenvalue weighted by molar-refractivity contribution is 5.64. The highest BCUT2D eigenvalue weighted by atomic mass is 16.5. The molecule has 2 heterocycles. The van der Waals surface area contributed by atoms with E-state index in [-0.39, 0.29) is 0 Å². The number of aromatic nitrogens is 2. The van der Waals surface area contributed by atoms with Gasteiger partial charge in [-0.3, -0.25) is 4.40 Å². The summed E-state index contributed by atoms with van der Waals surface area (Å²) in [6.07, 6.45) is 3.85. The van der Waals surface area contributed by atoms with Crippen molar-refractivity contribution in [3.8, 4) is 17.0 Å². The zero-order chi connectivity index (χ0) is 11.7. The Balaban J connectivity index is 2.19. The predicted octanol–water partition coefficient (Wildman–Crippen LogP) is 3.01. The summed E-state index contributed by atoms with van der Waals surface area (Å²) in [6.45, 7) is 0. The molecule has 3 nitrogen and oxygen atoms in total. The van der Waals surface area contributed by atoms with E-state index in [1.165, 1.54) is 0 Å². The summed E-state index contributed by atoms with van der Waals surface area (Å²) in [5, 5.41) is 0. The van der Waals surface area contributed by atoms with Crippen molar-refractivity contribution in [3.63, 3.8) is 0 Å². The largest absolute Gasteiger partial charge is 0.497 e. The molecular formula is C14H12N2O. The first-order valence-corrected chi connectivity index (χ1v) is 5.45. The van der Waals surface area contributed by atoms with Crippen LogP contribution in [0, 0.1) is 0 Å². The van der Waals surface area contributed by atoms with Gasteiger partial charge in [0.25, 0.3) is 0 Å². The second kappa shape index (κ2) is 3.94. The highest BCUT2D eigenvalue weighted by Gasteiger charge is 2.05. The molecule has 0 N–H and O–H groups in total. The van der Waals surface area contributed by atoms with Gasteiger partial charge in [-0.25, -0.2) is 4.98 Å². The van der Waals surface area contributed by atoms with Crippen LogP contribution in [0.5, 0.6) is 5.75 Å². The van der Waals surface area contributed by atoms with Crippen LogP contribution in [-0.2, 0) is 0 Å². The van der Waals surface area contributed by atoms with Crippen LogP contribution < -0.4 is 4.74 Å². The topological polar surface area (TPSA) is 26.5 Å². The molecule has 0 amide bonds. The average molecular weight is 224 g/mol. The minimum atomic E-state index is 0.822. The van der Waals surface area contributed by atoms with Crippen LogP contribution in [0.3, 0.4) is 0 Å². The van der Waals surface area contributed by atoms with Crippen molar-refractivity contribution in [1.29, 1.82) is 0 Å². The van der Waals surface area contributed by atoms with Crippen molar-refractivity contribution >= 4 is 5.65 Å². The Morgan fingerprint density at radius 2 is 1.94 bits per heavy atom. The molecular weight excluding hydrogens is 212 g/mol. The highest BCUT2D eigenvalue weighted by Crippen LogP contribution is 2.22. The molecule has 0 radical (unpaired) electrons. The Morgan fingerprint density at radius 3 is 2.71 bits per heavy atom. The summed E-state index contributed by atoms with van der Waals surface area (Å²) >= 11 is 0. The first-order valence-electron chi connectivity index (χ1n) is 5.45. The number of hydrogen-bond donors (Lipinski definition) is 0. The van der Waals surface area contributed by atoms with Crippen LogP contribution in [0.1, 0.15) is 0 Å². The molecule has 17 heavy (non-hydrogen) atoms. The normalized spacial score (nSPS) is 10.6. The molecule has 0 aliphatic heterocycles. The third-order valence-electron chi connectivity index (χ3n) is 2.79. The SMILES string of the molecule is COc1ccn2c(-c3ccccc3)cnc2c1. The first-order chi connectivity index (χ1) is 8.38. The van der Waals surface area contributed by atoms with E-state index >= 15 is 0 Å². The molecule has 84 valence electrons. The number of imidazole rings is 1. The molecule has 0 saturated heterocycles. The second-order valence-electron chi connectivity index (χ2n) is 3.80. The molecule has 0 aliphatic rings. The first kappa shape index (κ1) is 9.90. The lowest BCUT2D eigenvalue weighted by Gasteiger charge is -2.03. The zero-order valence-corrected chi connectivity index (χ0v) is 9.50. The lowest BCUT2D eigenvalue weighted by molar-refractivity contribution is 0.414. The summed E-state index contributed by atoms with van der Waals surface area (Å²) < 4.78 is 7.24. The summed E-state index contributed by atoms with van der Waals surface area (Å²) in [4.78, 5) is 4.39. The van der Waals surface area contributed by atoms with Crippen LogP contribution in [0.25, 0.3) is 16.9 Å². The molecule has 1 aromatic carbocycles. The lowest BCUT2D eigenvalue weighted by Crippen LogP contribution is -1.89. The van der Waals surface area contributed by atoms with E-state index in [1.54, 1.807) is 7.11 Å². The molecule has 0 aliphatic carbocycles. The molecule has 3 aromatic rings. The third kappa shape index (κ3) is 1.65. The monoisotopic (exact) mass is 224 g/mol. The Kier molecular flexibility index (Phi) is 2.29. The molecule has 0 unspecified atom stereocenters. The number of methoxy groups -OCH3 is 1. The minimum absolute atomic E-state index is 0.822. The van der Waals surface area contributed by atoms with E-state index < -0.39 is 0 Å². The molecule has 3 heteroatoms. The third-order valence-corrected chi connectivity index (χ3v) is 2.79. The van der Waals surface area contributed by atoms with E-state index in [0.29, 0.717) is 0 Å². The lowest BCUT2D eigenvalue weighted by atomic mass is 10.2. The van der Waals surface area contributed by atoms with E-state index in [2.05, 4.69) is 21.5 Å². The molecule has 0 saturated carbocycles. The maximum absolute atomic E-state index is 5.18. The summed E-state index contributed by atoms with van der Waals surface area (Å²) in [7, 11) is 1.66. The van der Waals surface area contributed by atoms with Crippen molar-refractivity contribution in [2.45, 2.75) is 0 Å². The smallest absolute Gasteiger partial charge is 0.140 e. The molecule has 0 spiro atoms. The van der Waals surface area contributed by atoms with Gasteiger partial charge in [-0.15, -0.1) is 0 Å². The number of pyridine rings is 1. The molecule has 0 atom stereocenters. The van der Waals surface area contributed by atoms with Crippen molar-refractivity contribution in [2.24, 2.45) is 0 Å². The maximum Gasteiger partial charge on any atom is 0.140 e. The Bertz CT molecular complexity index is 644. The van der Waals surface area contributed by atoms with Crippen LogP contribution in [0.2, 0.25) is 0 Å². The van der Waals surface area contributed by atoms with Gasteiger partial charge in [0.1, 0.15) is 11.4 Å². The Hall–Kier alpha value is -2.29. The van der Waals surface area contributed by atoms with Gasteiger partial charge in [-0.05, 0) is 6.07 Å². The number of nitrogens with zero attached hydrogens (tertiary/aromatic N) is 2. The van der Waals surface area contributed by atoms with Gasteiger partial charge in [0.15, 0.2) is 0 Å². The fraction of sp³-hybridized carbons (Fsp3) is 0.0714. The number of benzene rings is 1. The van der Waals surface area contributed by atoms with Crippen LogP contribution in [0.15, 0.2) is 54.9 Å². The summed E-state index contributed by atoms with van der Waals surface area (Å²) in [6, 6.07) is 14.1. The Morgan fingerprint density at radius 1 is 1.12 bits per heavy atom. The number of fused-ring (bicyclic) bond motifs is 1. The Labute approximate surface area is 99.3 Å². The minimum Gasteiger partial charge on any atom is -0.497 e. The average Bonchev–Trinajstić information content (AvgIpc) is 2.82. The van der Waals surface area contributed by atoms with E-state index in [4.69, 9.17) is 4.74 Å². The quantitative estimate of drug-likeness (QED) is 0.669. The van der Waals surface area contributed by atoms with Crippen molar-refractivity contribution in [1.82, 2.24) is 9.38 Å². The number of hydrogen-bond acceptors (Lipinski definition) is 2.